The Morgan fingerprint density at radius 3 is 2.31 bits per heavy atom. The van der Waals surface area contributed by atoms with Crippen molar-refractivity contribution in [3.8, 4) is 0 Å². The third-order valence-corrected chi connectivity index (χ3v) is 10.8. The van der Waals surface area contributed by atoms with Crippen LogP contribution in [0.4, 0.5) is 23.7 Å². The number of alkyl halides is 3. The van der Waals surface area contributed by atoms with Crippen molar-refractivity contribution in [1.82, 2.24) is 9.80 Å². The van der Waals surface area contributed by atoms with E-state index in [1.165, 1.54) is 12.1 Å². The predicted molar refractivity (Wildman–Crippen MR) is 152 cm³/mol. The normalized spacial score (nSPS) is 32.5. The fraction of sp³-hybridized carbons (Fsp3) is 0.562. The summed E-state index contributed by atoms with van der Waals surface area (Å²) in [6, 6.07) is 10.4. The summed E-state index contributed by atoms with van der Waals surface area (Å²) in [5.74, 6) is 1.50. The molecule has 2 heterocycles. The number of aliphatic hydroxyl groups is 1. The summed E-state index contributed by atoms with van der Waals surface area (Å²) in [4.78, 5) is 32.1. The molecule has 3 unspecified atom stereocenters. The number of urea groups is 1. The molecular formula is C32H35ClF3N3O3. The summed E-state index contributed by atoms with van der Waals surface area (Å²) in [6.07, 6.45) is 1.78. The molecule has 6 aliphatic rings. The fourth-order valence-corrected chi connectivity index (χ4v) is 9.09. The van der Waals surface area contributed by atoms with Gasteiger partial charge in [0.15, 0.2) is 0 Å². The first-order valence-electron chi connectivity index (χ1n) is 15.0. The van der Waals surface area contributed by atoms with Gasteiger partial charge in [-0.05, 0) is 98.1 Å². The Bertz CT molecular complexity index is 1380. The lowest BCUT2D eigenvalue weighted by Crippen LogP contribution is -2.62. The van der Waals surface area contributed by atoms with E-state index in [2.05, 4.69) is 4.90 Å². The van der Waals surface area contributed by atoms with Crippen LogP contribution >= 0.6 is 11.6 Å². The van der Waals surface area contributed by atoms with Gasteiger partial charge in [0.1, 0.15) is 0 Å². The maximum atomic E-state index is 13.6. The first-order chi connectivity index (χ1) is 20.0. The van der Waals surface area contributed by atoms with Gasteiger partial charge in [0.25, 0.3) is 0 Å². The smallest absolute Gasteiger partial charge is 0.390 e. The van der Waals surface area contributed by atoms with Crippen LogP contribution in [0.25, 0.3) is 0 Å². The van der Waals surface area contributed by atoms with E-state index in [0.29, 0.717) is 53.5 Å². The number of carbonyl (C=O) groups excluding carboxylic acids is 2. The zero-order valence-electron chi connectivity index (χ0n) is 23.3. The molecule has 6 fully saturated rings. The van der Waals surface area contributed by atoms with Crippen LogP contribution in [0, 0.1) is 23.7 Å². The number of nitrogens with zero attached hydrogens (tertiary/aromatic N) is 3. The van der Waals surface area contributed by atoms with Crippen molar-refractivity contribution in [1.29, 1.82) is 0 Å². The fourth-order valence-electron chi connectivity index (χ4n) is 8.84. The molecule has 0 aromatic heterocycles. The highest BCUT2D eigenvalue weighted by Gasteiger charge is 2.57. The lowest BCUT2D eigenvalue weighted by atomic mass is 9.52. The molecule has 3 amide bonds. The summed E-state index contributed by atoms with van der Waals surface area (Å²) < 4.78 is 38.6. The SMILES string of the molecule is O=C1N(Cc2ccc(C(F)(F)F)cc2)CCN1c1ccc(CC2CCN(C3C4CC5CC3CC(O)(C5)C4)C2=O)c(Cl)c1. The Balaban J connectivity index is 0.979. The van der Waals surface area contributed by atoms with Crippen LogP contribution < -0.4 is 4.90 Å². The molecule has 2 aromatic carbocycles. The number of hydrogen-bond acceptors (Lipinski definition) is 3. The number of benzene rings is 2. The van der Waals surface area contributed by atoms with Crippen molar-refractivity contribution in [3.05, 3.63) is 64.2 Å². The zero-order chi connectivity index (χ0) is 29.4. The van der Waals surface area contributed by atoms with Crippen molar-refractivity contribution in [2.24, 2.45) is 23.7 Å². The van der Waals surface area contributed by atoms with Gasteiger partial charge in [-0.2, -0.15) is 13.2 Å². The van der Waals surface area contributed by atoms with Gasteiger partial charge in [0, 0.05) is 48.8 Å². The molecule has 6 nitrogen and oxygen atoms in total. The van der Waals surface area contributed by atoms with Crippen LogP contribution in [0.1, 0.15) is 55.2 Å². The van der Waals surface area contributed by atoms with Crippen molar-refractivity contribution in [2.75, 3.05) is 24.5 Å². The molecule has 8 rings (SSSR count). The van der Waals surface area contributed by atoms with Gasteiger partial charge < -0.3 is 14.9 Å². The highest BCUT2D eigenvalue weighted by atomic mass is 35.5. The Kier molecular flexibility index (Phi) is 6.77. The Hall–Kier alpha value is -2.78. The Morgan fingerprint density at radius 2 is 1.67 bits per heavy atom. The number of amides is 3. The number of halogens is 4. The van der Waals surface area contributed by atoms with E-state index in [1.807, 2.05) is 12.1 Å². The van der Waals surface area contributed by atoms with Gasteiger partial charge in [-0.1, -0.05) is 29.8 Å². The van der Waals surface area contributed by atoms with Gasteiger partial charge in [-0.3, -0.25) is 9.69 Å². The monoisotopic (exact) mass is 601 g/mol. The largest absolute Gasteiger partial charge is 0.416 e. The molecule has 0 radical (unpaired) electrons. The standard InChI is InChI=1S/C32H35ClF3N3O3/c33-27-14-26(38-10-9-37(30(38)41)18-19-1-4-25(5-2-19)32(34,35)36)6-3-21(27)13-22-7-8-39(29(22)40)28-23-11-20-12-24(28)17-31(42,15-20)16-23/h1-6,14,20,22-24,28,42H,7-13,15-18H2. The van der Waals surface area contributed by atoms with Crippen LogP contribution in [-0.4, -0.2) is 58.1 Å². The summed E-state index contributed by atoms with van der Waals surface area (Å²) in [7, 11) is 0. The average molecular weight is 602 g/mol. The van der Waals surface area contributed by atoms with Crippen LogP contribution in [-0.2, 0) is 23.9 Å². The van der Waals surface area contributed by atoms with E-state index < -0.39 is 17.3 Å². The second-order valence-electron chi connectivity index (χ2n) is 13.2. The molecule has 42 heavy (non-hydrogen) atoms. The molecule has 4 saturated carbocycles. The minimum Gasteiger partial charge on any atom is -0.390 e. The van der Waals surface area contributed by atoms with Gasteiger partial charge in [-0.15, -0.1) is 0 Å². The number of rotatable bonds is 6. The van der Waals surface area contributed by atoms with E-state index in [-0.39, 0.29) is 30.4 Å². The highest BCUT2D eigenvalue weighted by Crippen LogP contribution is 2.57. The van der Waals surface area contributed by atoms with Crippen LogP contribution in [0.15, 0.2) is 42.5 Å². The lowest BCUT2D eigenvalue weighted by Gasteiger charge is -2.59. The molecule has 2 aromatic rings. The highest BCUT2D eigenvalue weighted by molar-refractivity contribution is 6.31. The first-order valence-corrected chi connectivity index (χ1v) is 15.4. The summed E-state index contributed by atoms with van der Waals surface area (Å²) in [5.41, 5.74) is 0.949. The molecule has 4 aliphatic carbocycles. The maximum Gasteiger partial charge on any atom is 0.416 e. The average Bonchev–Trinajstić information content (AvgIpc) is 3.46. The third-order valence-electron chi connectivity index (χ3n) is 10.5. The molecule has 1 N–H and O–H groups in total. The van der Waals surface area contributed by atoms with E-state index in [1.54, 1.807) is 15.9 Å². The Morgan fingerprint density at radius 1 is 0.952 bits per heavy atom. The maximum absolute atomic E-state index is 13.6. The lowest BCUT2D eigenvalue weighted by molar-refractivity contribution is -0.168. The molecule has 4 bridgehead atoms. The molecule has 224 valence electrons. The number of anilines is 1. The van der Waals surface area contributed by atoms with E-state index in [0.717, 1.165) is 62.8 Å². The number of hydrogen-bond donors (Lipinski definition) is 1. The zero-order valence-corrected chi connectivity index (χ0v) is 24.1. The van der Waals surface area contributed by atoms with Gasteiger partial charge >= 0.3 is 12.2 Å². The second-order valence-corrected chi connectivity index (χ2v) is 13.6. The third kappa shape index (κ3) is 4.96. The number of likely N-dealkylation sites (tertiary alicyclic amines) is 1. The van der Waals surface area contributed by atoms with E-state index in [4.69, 9.17) is 11.6 Å². The molecule has 3 atom stereocenters. The molecule has 10 heteroatoms. The minimum absolute atomic E-state index is 0.124. The first kappa shape index (κ1) is 28.0. The predicted octanol–water partition coefficient (Wildman–Crippen LogP) is 6.13. The summed E-state index contributed by atoms with van der Waals surface area (Å²) in [6.45, 7) is 1.89. The van der Waals surface area contributed by atoms with Gasteiger partial charge in [0.05, 0.1) is 11.2 Å². The molecule has 2 saturated heterocycles. The van der Waals surface area contributed by atoms with Crippen molar-refractivity contribution in [3.63, 3.8) is 0 Å². The quantitative estimate of drug-likeness (QED) is 0.433. The topological polar surface area (TPSA) is 64.1 Å². The van der Waals surface area contributed by atoms with E-state index in [9.17, 15) is 27.9 Å². The summed E-state index contributed by atoms with van der Waals surface area (Å²) >= 11 is 6.70. The molecular weight excluding hydrogens is 567 g/mol. The Labute approximate surface area is 248 Å². The van der Waals surface area contributed by atoms with Crippen LogP contribution in [0.3, 0.4) is 0 Å². The van der Waals surface area contributed by atoms with Crippen LogP contribution in [0.2, 0.25) is 5.02 Å². The van der Waals surface area contributed by atoms with Crippen molar-refractivity contribution >= 4 is 29.2 Å². The minimum atomic E-state index is -4.40. The molecule has 0 spiro atoms. The van der Waals surface area contributed by atoms with Crippen LogP contribution in [0.5, 0.6) is 0 Å². The van der Waals surface area contributed by atoms with Gasteiger partial charge in [-0.25, -0.2) is 4.79 Å². The second kappa shape index (κ2) is 10.2. The number of carbonyl (C=O) groups is 2. The van der Waals surface area contributed by atoms with Crippen molar-refractivity contribution < 1.29 is 27.9 Å². The van der Waals surface area contributed by atoms with Crippen molar-refractivity contribution in [2.45, 2.75) is 69.3 Å². The van der Waals surface area contributed by atoms with Gasteiger partial charge in [0.2, 0.25) is 5.91 Å². The molecule has 2 aliphatic heterocycles. The van der Waals surface area contributed by atoms with E-state index >= 15 is 0 Å². The summed E-state index contributed by atoms with van der Waals surface area (Å²) in [5, 5.41) is 11.5.